The van der Waals surface area contributed by atoms with Crippen LogP contribution in [0.25, 0.3) is 0 Å². The summed E-state index contributed by atoms with van der Waals surface area (Å²) in [6.07, 6.45) is 5.48. The summed E-state index contributed by atoms with van der Waals surface area (Å²) in [6.45, 7) is 3.46. The Kier molecular flexibility index (Phi) is 5.80. The number of rotatable bonds is 6. The lowest BCUT2D eigenvalue weighted by atomic mass is 9.88. The lowest BCUT2D eigenvalue weighted by Crippen LogP contribution is -2.27. The minimum Gasteiger partial charge on any atom is -0.491 e. The van der Waals surface area contributed by atoms with Gasteiger partial charge in [-0.2, -0.15) is 0 Å². The highest BCUT2D eigenvalue weighted by molar-refractivity contribution is 7.80. The Morgan fingerprint density at radius 3 is 2.85 bits per heavy atom. The first-order valence-electron chi connectivity index (χ1n) is 7.31. The molecule has 1 aromatic carbocycles. The fourth-order valence-corrected chi connectivity index (χ4v) is 2.75. The van der Waals surface area contributed by atoms with E-state index in [9.17, 15) is 0 Å². The molecule has 0 heterocycles. The second kappa shape index (κ2) is 7.60. The summed E-state index contributed by atoms with van der Waals surface area (Å²) in [5.41, 5.74) is 6.43. The molecule has 1 aromatic rings. The molecule has 3 nitrogen and oxygen atoms in total. The van der Waals surface area contributed by atoms with Crippen LogP contribution in [0, 0.1) is 5.92 Å². The van der Waals surface area contributed by atoms with Gasteiger partial charge in [0.25, 0.3) is 0 Å². The van der Waals surface area contributed by atoms with Crippen molar-refractivity contribution in [2.24, 2.45) is 11.7 Å². The summed E-state index contributed by atoms with van der Waals surface area (Å²) in [5.74, 6) is 1.46. The molecule has 2 atom stereocenters. The van der Waals surface area contributed by atoms with Gasteiger partial charge < -0.3 is 15.2 Å². The first kappa shape index (κ1) is 15.3. The van der Waals surface area contributed by atoms with E-state index in [0.717, 1.165) is 11.3 Å². The molecule has 1 fully saturated rings. The van der Waals surface area contributed by atoms with E-state index in [1.54, 1.807) is 0 Å². The third-order valence-electron chi connectivity index (χ3n) is 3.84. The minimum atomic E-state index is 0.391. The van der Waals surface area contributed by atoms with Crippen molar-refractivity contribution in [2.45, 2.75) is 38.7 Å². The van der Waals surface area contributed by atoms with Crippen molar-refractivity contribution >= 4 is 17.2 Å². The van der Waals surface area contributed by atoms with Gasteiger partial charge in [0.1, 0.15) is 17.3 Å². The predicted molar refractivity (Wildman–Crippen MR) is 85.2 cm³/mol. The Bertz CT molecular complexity index is 450. The van der Waals surface area contributed by atoms with Crippen LogP contribution in [0.3, 0.4) is 0 Å². The molecule has 4 heteroatoms. The van der Waals surface area contributed by atoms with E-state index in [1.165, 1.54) is 25.7 Å². The van der Waals surface area contributed by atoms with Crippen LogP contribution in [-0.2, 0) is 4.74 Å². The van der Waals surface area contributed by atoms with Crippen LogP contribution < -0.4 is 10.5 Å². The van der Waals surface area contributed by atoms with E-state index in [-0.39, 0.29) is 0 Å². The second-order valence-electron chi connectivity index (χ2n) is 5.41. The molecule has 1 aliphatic carbocycles. The SMILES string of the molecule is CC1CCCCC1OCCOc1cccc(C(N)=S)c1. The van der Waals surface area contributed by atoms with Gasteiger partial charge in [-0.15, -0.1) is 0 Å². The van der Waals surface area contributed by atoms with E-state index >= 15 is 0 Å². The van der Waals surface area contributed by atoms with Crippen molar-refractivity contribution in [3.63, 3.8) is 0 Å². The molecular formula is C16H23NO2S. The van der Waals surface area contributed by atoms with E-state index in [1.807, 2.05) is 24.3 Å². The molecule has 110 valence electrons. The zero-order valence-corrected chi connectivity index (χ0v) is 12.8. The van der Waals surface area contributed by atoms with Crippen molar-refractivity contribution < 1.29 is 9.47 Å². The molecule has 0 aliphatic heterocycles. The van der Waals surface area contributed by atoms with Gasteiger partial charge in [-0.1, -0.05) is 44.1 Å². The number of benzene rings is 1. The average molecular weight is 293 g/mol. The van der Waals surface area contributed by atoms with Gasteiger partial charge in [-0.05, 0) is 30.9 Å². The van der Waals surface area contributed by atoms with Gasteiger partial charge in [-0.25, -0.2) is 0 Å². The maximum atomic E-state index is 5.92. The van der Waals surface area contributed by atoms with Crippen molar-refractivity contribution in [1.82, 2.24) is 0 Å². The van der Waals surface area contributed by atoms with Gasteiger partial charge in [0, 0.05) is 5.56 Å². The highest BCUT2D eigenvalue weighted by Gasteiger charge is 2.21. The van der Waals surface area contributed by atoms with Crippen LogP contribution in [-0.4, -0.2) is 24.3 Å². The van der Waals surface area contributed by atoms with Crippen LogP contribution >= 0.6 is 12.2 Å². The molecule has 20 heavy (non-hydrogen) atoms. The summed E-state index contributed by atoms with van der Waals surface area (Å²) < 4.78 is 11.6. The fourth-order valence-electron chi connectivity index (χ4n) is 2.63. The van der Waals surface area contributed by atoms with Gasteiger partial charge in [0.05, 0.1) is 12.7 Å². The third-order valence-corrected chi connectivity index (χ3v) is 4.07. The molecule has 2 rings (SSSR count). The maximum absolute atomic E-state index is 5.92. The third kappa shape index (κ3) is 4.46. The second-order valence-corrected chi connectivity index (χ2v) is 5.85. The minimum absolute atomic E-state index is 0.391. The largest absolute Gasteiger partial charge is 0.491 e. The van der Waals surface area contributed by atoms with Crippen molar-refractivity contribution in [3.8, 4) is 5.75 Å². The van der Waals surface area contributed by atoms with Gasteiger partial charge in [0.15, 0.2) is 0 Å². The van der Waals surface area contributed by atoms with Crippen LogP contribution in [0.5, 0.6) is 5.75 Å². The van der Waals surface area contributed by atoms with Crippen LogP contribution in [0.1, 0.15) is 38.2 Å². The standard InChI is InChI=1S/C16H23NO2S/c1-12-5-2-3-8-15(12)19-10-9-18-14-7-4-6-13(11-14)16(17)20/h4,6-7,11-12,15H,2-3,5,8-10H2,1H3,(H2,17,20). The number of nitrogens with two attached hydrogens (primary N) is 1. The molecule has 2 N–H and O–H groups in total. The normalized spacial score (nSPS) is 22.4. The molecule has 2 unspecified atom stereocenters. The van der Waals surface area contributed by atoms with Crippen LogP contribution in [0.2, 0.25) is 0 Å². The molecule has 0 saturated heterocycles. The predicted octanol–water partition coefficient (Wildman–Crippen LogP) is 3.29. The Morgan fingerprint density at radius 2 is 2.10 bits per heavy atom. The van der Waals surface area contributed by atoms with E-state index in [0.29, 0.717) is 30.2 Å². The molecule has 0 aromatic heterocycles. The molecule has 1 saturated carbocycles. The fraction of sp³-hybridized carbons (Fsp3) is 0.562. The molecule has 0 radical (unpaired) electrons. The highest BCUT2D eigenvalue weighted by atomic mass is 32.1. The Hall–Kier alpha value is -1.13. The summed E-state index contributed by atoms with van der Waals surface area (Å²) in [7, 11) is 0. The molecule has 0 spiro atoms. The quantitative estimate of drug-likeness (QED) is 0.645. The van der Waals surface area contributed by atoms with Gasteiger partial charge in [0.2, 0.25) is 0 Å². The maximum Gasteiger partial charge on any atom is 0.120 e. The molecule has 1 aliphatic rings. The highest BCUT2D eigenvalue weighted by Crippen LogP contribution is 2.26. The lowest BCUT2D eigenvalue weighted by Gasteiger charge is -2.28. The van der Waals surface area contributed by atoms with Gasteiger partial charge >= 0.3 is 0 Å². The first-order chi connectivity index (χ1) is 9.66. The van der Waals surface area contributed by atoms with Gasteiger partial charge in [-0.3, -0.25) is 0 Å². The smallest absolute Gasteiger partial charge is 0.120 e. The summed E-state index contributed by atoms with van der Waals surface area (Å²) in [6, 6.07) is 7.56. The Morgan fingerprint density at radius 1 is 1.30 bits per heavy atom. The number of thiocarbonyl (C=S) groups is 1. The van der Waals surface area contributed by atoms with Crippen LogP contribution in [0.15, 0.2) is 24.3 Å². The summed E-state index contributed by atoms with van der Waals surface area (Å²) >= 11 is 4.95. The summed E-state index contributed by atoms with van der Waals surface area (Å²) in [4.78, 5) is 0.391. The zero-order chi connectivity index (χ0) is 14.4. The van der Waals surface area contributed by atoms with E-state index < -0.39 is 0 Å². The van der Waals surface area contributed by atoms with E-state index in [4.69, 9.17) is 27.4 Å². The number of hydrogen-bond donors (Lipinski definition) is 1. The Labute approximate surface area is 126 Å². The van der Waals surface area contributed by atoms with Crippen molar-refractivity contribution in [2.75, 3.05) is 13.2 Å². The number of hydrogen-bond acceptors (Lipinski definition) is 3. The summed E-state index contributed by atoms with van der Waals surface area (Å²) in [5, 5.41) is 0. The van der Waals surface area contributed by atoms with Crippen LogP contribution in [0.4, 0.5) is 0 Å². The monoisotopic (exact) mass is 293 g/mol. The molecule has 0 bridgehead atoms. The topological polar surface area (TPSA) is 44.5 Å². The molecular weight excluding hydrogens is 270 g/mol. The number of ether oxygens (including phenoxy) is 2. The first-order valence-corrected chi connectivity index (χ1v) is 7.72. The molecule has 0 amide bonds. The van der Waals surface area contributed by atoms with E-state index in [2.05, 4.69) is 6.92 Å². The van der Waals surface area contributed by atoms with Crippen molar-refractivity contribution in [1.29, 1.82) is 0 Å². The average Bonchev–Trinajstić information content (AvgIpc) is 2.45. The van der Waals surface area contributed by atoms with Crippen molar-refractivity contribution in [3.05, 3.63) is 29.8 Å². The Balaban J connectivity index is 1.73. The zero-order valence-electron chi connectivity index (χ0n) is 12.0. The lowest BCUT2D eigenvalue weighted by molar-refractivity contribution is -0.0165.